The Kier molecular flexibility index (Phi) is 6.14. The first-order valence-corrected chi connectivity index (χ1v) is 9.85. The van der Waals surface area contributed by atoms with Crippen LogP contribution in [0.4, 0.5) is 0 Å². The van der Waals surface area contributed by atoms with E-state index in [0.29, 0.717) is 18.3 Å². The number of carbonyl (C=O) groups is 1. The van der Waals surface area contributed by atoms with Crippen molar-refractivity contribution in [3.8, 4) is 5.75 Å². The Labute approximate surface area is 160 Å². The lowest BCUT2D eigenvalue weighted by atomic mass is 9.80. The Morgan fingerprint density at radius 3 is 2.74 bits per heavy atom. The highest BCUT2D eigenvalue weighted by molar-refractivity contribution is 5.79. The number of carbonyl (C=O) groups excluding carboxylic acids is 1. The van der Waals surface area contributed by atoms with Gasteiger partial charge < -0.3 is 14.2 Å². The smallest absolute Gasteiger partial charge is 0.264 e. The second-order valence-corrected chi connectivity index (χ2v) is 7.55. The molecular formula is C21H29N3O3. The largest absolute Gasteiger partial charge is 0.484 e. The maximum atomic E-state index is 12.8. The number of ether oxygens (including phenoxy) is 1. The number of para-hydroxylation sites is 1. The van der Waals surface area contributed by atoms with Crippen molar-refractivity contribution < 1.29 is 14.1 Å². The van der Waals surface area contributed by atoms with Gasteiger partial charge in [0.2, 0.25) is 5.91 Å². The van der Waals surface area contributed by atoms with Gasteiger partial charge in [-0.05, 0) is 37.8 Å². The van der Waals surface area contributed by atoms with E-state index < -0.39 is 0 Å². The molecule has 27 heavy (non-hydrogen) atoms. The van der Waals surface area contributed by atoms with Crippen LogP contribution < -0.4 is 4.74 Å². The standard InChI is InChI=1S/C21H29N3O3/c1-4-16(5-2)19(25)24-13-9-12-21(3,15-24)20-22-18(27-23-20)14-26-17-10-7-6-8-11-17/h6-8,10-11,16H,4-5,9,12-15H2,1-3H3. The molecule has 0 aliphatic carbocycles. The van der Waals surface area contributed by atoms with Crippen LogP contribution in [0, 0.1) is 5.92 Å². The van der Waals surface area contributed by atoms with Crippen molar-refractivity contribution in [2.75, 3.05) is 13.1 Å². The Bertz CT molecular complexity index is 742. The second-order valence-electron chi connectivity index (χ2n) is 7.55. The Hall–Kier alpha value is -2.37. The van der Waals surface area contributed by atoms with E-state index in [1.54, 1.807) is 0 Å². The monoisotopic (exact) mass is 371 g/mol. The molecule has 0 N–H and O–H groups in total. The summed E-state index contributed by atoms with van der Waals surface area (Å²) >= 11 is 0. The fourth-order valence-corrected chi connectivity index (χ4v) is 3.73. The first kappa shape index (κ1) is 19.4. The quantitative estimate of drug-likeness (QED) is 0.737. The first-order valence-electron chi connectivity index (χ1n) is 9.85. The van der Waals surface area contributed by atoms with Gasteiger partial charge in [0.25, 0.3) is 5.89 Å². The highest BCUT2D eigenvalue weighted by Crippen LogP contribution is 2.33. The van der Waals surface area contributed by atoms with E-state index in [-0.39, 0.29) is 23.8 Å². The molecule has 6 nitrogen and oxygen atoms in total. The van der Waals surface area contributed by atoms with Crippen molar-refractivity contribution in [3.63, 3.8) is 0 Å². The summed E-state index contributed by atoms with van der Waals surface area (Å²) in [7, 11) is 0. The number of hydrogen-bond acceptors (Lipinski definition) is 5. The minimum atomic E-state index is -0.283. The summed E-state index contributed by atoms with van der Waals surface area (Å²) in [4.78, 5) is 19.3. The van der Waals surface area contributed by atoms with Crippen LogP contribution in [0.3, 0.4) is 0 Å². The van der Waals surface area contributed by atoms with Gasteiger partial charge >= 0.3 is 0 Å². The van der Waals surface area contributed by atoms with Crippen molar-refractivity contribution in [2.45, 2.75) is 58.5 Å². The SMILES string of the molecule is CCC(CC)C(=O)N1CCCC(C)(c2noc(COc3ccccc3)n2)C1. The van der Waals surface area contributed by atoms with E-state index in [4.69, 9.17) is 9.26 Å². The van der Waals surface area contributed by atoms with Crippen molar-refractivity contribution >= 4 is 5.91 Å². The number of aromatic nitrogens is 2. The van der Waals surface area contributed by atoms with E-state index >= 15 is 0 Å². The fraction of sp³-hybridized carbons (Fsp3) is 0.571. The Balaban J connectivity index is 1.66. The second kappa shape index (κ2) is 8.55. The van der Waals surface area contributed by atoms with E-state index in [0.717, 1.165) is 38.0 Å². The van der Waals surface area contributed by atoms with Crippen LogP contribution in [-0.4, -0.2) is 34.0 Å². The van der Waals surface area contributed by atoms with Crippen molar-refractivity contribution in [2.24, 2.45) is 5.92 Å². The zero-order valence-corrected chi connectivity index (χ0v) is 16.5. The third-order valence-corrected chi connectivity index (χ3v) is 5.46. The number of benzene rings is 1. The predicted molar refractivity (Wildman–Crippen MR) is 102 cm³/mol. The third kappa shape index (κ3) is 4.49. The molecule has 1 fully saturated rings. The van der Waals surface area contributed by atoms with Gasteiger partial charge in [0.05, 0.1) is 0 Å². The lowest BCUT2D eigenvalue weighted by molar-refractivity contribution is -0.138. The number of rotatable bonds is 7. The van der Waals surface area contributed by atoms with Crippen LogP contribution >= 0.6 is 0 Å². The highest BCUT2D eigenvalue weighted by Gasteiger charge is 2.39. The summed E-state index contributed by atoms with van der Waals surface area (Å²) in [6.45, 7) is 7.96. The average Bonchev–Trinajstić information content (AvgIpc) is 3.18. The van der Waals surface area contributed by atoms with Crippen LogP contribution in [-0.2, 0) is 16.8 Å². The van der Waals surface area contributed by atoms with Gasteiger partial charge in [-0.15, -0.1) is 0 Å². The van der Waals surface area contributed by atoms with Gasteiger partial charge in [0.15, 0.2) is 12.4 Å². The maximum absolute atomic E-state index is 12.8. The lowest BCUT2D eigenvalue weighted by Gasteiger charge is -2.39. The molecule has 1 aliphatic heterocycles. The third-order valence-electron chi connectivity index (χ3n) is 5.46. The summed E-state index contributed by atoms with van der Waals surface area (Å²) in [5, 5.41) is 4.20. The zero-order valence-electron chi connectivity index (χ0n) is 16.5. The molecule has 3 rings (SSSR count). The van der Waals surface area contributed by atoms with Crippen molar-refractivity contribution in [1.29, 1.82) is 0 Å². The molecular weight excluding hydrogens is 342 g/mol. The number of piperidine rings is 1. The van der Waals surface area contributed by atoms with Crippen LogP contribution in [0.1, 0.15) is 58.2 Å². The molecule has 6 heteroatoms. The van der Waals surface area contributed by atoms with Gasteiger partial charge in [-0.3, -0.25) is 4.79 Å². The molecule has 1 unspecified atom stereocenters. The Morgan fingerprint density at radius 1 is 1.30 bits per heavy atom. The molecule has 1 amide bonds. The van der Waals surface area contributed by atoms with Gasteiger partial charge in [0.1, 0.15) is 5.75 Å². The number of nitrogens with zero attached hydrogens (tertiary/aromatic N) is 3. The number of amides is 1. The van der Waals surface area contributed by atoms with Crippen LogP contribution in [0.2, 0.25) is 0 Å². The van der Waals surface area contributed by atoms with Gasteiger partial charge in [-0.2, -0.15) is 4.98 Å². The van der Waals surface area contributed by atoms with Crippen molar-refractivity contribution in [1.82, 2.24) is 15.0 Å². The van der Waals surface area contributed by atoms with Crippen molar-refractivity contribution in [3.05, 3.63) is 42.0 Å². The predicted octanol–water partition coefficient (Wildman–Crippen LogP) is 3.96. The average molecular weight is 371 g/mol. The van der Waals surface area contributed by atoms with Crippen LogP contribution in [0.15, 0.2) is 34.9 Å². The van der Waals surface area contributed by atoms with Gasteiger partial charge in [0, 0.05) is 24.4 Å². The lowest BCUT2D eigenvalue weighted by Crippen LogP contribution is -2.49. The summed E-state index contributed by atoms with van der Waals surface area (Å²) in [5.41, 5.74) is -0.283. The molecule has 1 atom stereocenters. The maximum Gasteiger partial charge on any atom is 0.264 e. The number of likely N-dealkylation sites (tertiary alicyclic amines) is 1. The molecule has 0 spiro atoms. The molecule has 1 aliphatic rings. The molecule has 0 radical (unpaired) electrons. The molecule has 1 aromatic carbocycles. The molecule has 1 aromatic heterocycles. The topological polar surface area (TPSA) is 68.5 Å². The van der Waals surface area contributed by atoms with E-state index in [9.17, 15) is 4.79 Å². The molecule has 2 heterocycles. The van der Waals surface area contributed by atoms with Gasteiger partial charge in [-0.1, -0.05) is 44.1 Å². The summed E-state index contributed by atoms with van der Waals surface area (Å²) in [6, 6.07) is 9.56. The minimum absolute atomic E-state index is 0.104. The van der Waals surface area contributed by atoms with E-state index in [2.05, 4.69) is 30.9 Å². The van der Waals surface area contributed by atoms with Gasteiger partial charge in [-0.25, -0.2) is 0 Å². The van der Waals surface area contributed by atoms with E-state index in [1.807, 2.05) is 35.2 Å². The first-order chi connectivity index (χ1) is 13.1. The highest BCUT2D eigenvalue weighted by atomic mass is 16.5. The normalized spacial score (nSPS) is 20.1. The molecule has 0 bridgehead atoms. The van der Waals surface area contributed by atoms with Crippen LogP contribution in [0.25, 0.3) is 0 Å². The summed E-state index contributed by atoms with van der Waals surface area (Å²) in [5.74, 6) is 2.24. The minimum Gasteiger partial charge on any atom is -0.484 e. The zero-order chi connectivity index (χ0) is 19.3. The fourth-order valence-electron chi connectivity index (χ4n) is 3.73. The molecule has 1 saturated heterocycles. The summed E-state index contributed by atoms with van der Waals surface area (Å²) < 4.78 is 11.1. The van der Waals surface area contributed by atoms with E-state index in [1.165, 1.54) is 0 Å². The Morgan fingerprint density at radius 2 is 2.04 bits per heavy atom. The molecule has 2 aromatic rings. The van der Waals surface area contributed by atoms with Crippen LogP contribution in [0.5, 0.6) is 5.75 Å². The summed E-state index contributed by atoms with van der Waals surface area (Å²) in [6.07, 6.45) is 3.66. The molecule has 0 saturated carbocycles. The number of hydrogen-bond donors (Lipinski definition) is 0. The molecule has 146 valence electrons.